The summed E-state index contributed by atoms with van der Waals surface area (Å²) in [4.78, 5) is 16.5. The number of nitrogens with one attached hydrogen (secondary N) is 1. The Kier molecular flexibility index (Phi) is 3.81. The topological polar surface area (TPSA) is 55.1 Å². The minimum atomic E-state index is -0.283. The molecule has 112 valence electrons. The van der Waals surface area contributed by atoms with Gasteiger partial charge in [-0.05, 0) is 50.1 Å². The van der Waals surface area contributed by atoms with Gasteiger partial charge in [-0.25, -0.2) is 4.98 Å². The fraction of sp³-hybridized carbons (Fsp3) is 0.176. The van der Waals surface area contributed by atoms with E-state index in [1.807, 2.05) is 11.4 Å². The van der Waals surface area contributed by atoms with Crippen LogP contribution in [0.3, 0.4) is 0 Å². The molecule has 0 radical (unpaired) electrons. The monoisotopic (exact) mass is 312 g/mol. The molecule has 22 heavy (non-hydrogen) atoms. The van der Waals surface area contributed by atoms with Gasteiger partial charge in [0.1, 0.15) is 5.76 Å². The van der Waals surface area contributed by atoms with Crippen molar-refractivity contribution in [3.8, 4) is 11.3 Å². The van der Waals surface area contributed by atoms with Crippen molar-refractivity contribution in [3.63, 3.8) is 0 Å². The molecule has 0 aliphatic rings. The maximum atomic E-state index is 12.0. The summed E-state index contributed by atoms with van der Waals surface area (Å²) in [5.41, 5.74) is 4.38. The number of aromatic nitrogens is 1. The van der Waals surface area contributed by atoms with Crippen molar-refractivity contribution >= 4 is 22.4 Å². The van der Waals surface area contributed by atoms with Crippen molar-refractivity contribution in [2.75, 3.05) is 5.32 Å². The number of hydrogen-bond donors (Lipinski definition) is 1. The van der Waals surface area contributed by atoms with Gasteiger partial charge in [-0.3, -0.25) is 10.1 Å². The molecule has 0 saturated carbocycles. The van der Waals surface area contributed by atoms with Crippen LogP contribution in [0, 0.1) is 20.8 Å². The first kappa shape index (κ1) is 14.5. The van der Waals surface area contributed by atoms with E-state index >= 15 is 0 Å². The van der Waals surface area contributed by atoms with Crippen LogP contribution in [0.4, 0.5) is 5.13 Å². The number of carbonyl (C=O) groups excluding carboxylic acids is 1. The Balaban J connectivity index is 1.78. The third-order valence-electron chi connectivity index (χ3n) is 3.49. The molecule has 3 rings (SSSR count). The Hall–Kier alpha value is -2.40. The zero-order valence-electron chi connectivity index (χ0n) is 12.6. The van der Waals surface area contributed by atoms with Crippen LogP contribution >= 0.6 is 11.3 Å². The maximum absolute atomic E-state index is 12.0. The molecular weight excluding hydrogens is 296 g/mol. The fourth-order valence-electron chi connectivity index (χ4n) is 2.08. The number of thiazole rings is 1. The maximum Gasteiger partial charge on any atom is 0.293 e. The van der Waals surface area contributed by atoms with Gasteiger partial charge in [0.25, 0.3) is 5.91 Å². The summed E-state index contributed by atoms with van der Waals surface area (Å²) in [7, 11) is 0. The van der Waals surface area contributed by atoms with Crippen molar-refractivity contribution in [3.05, 3.63) is 58.4 Å². The van der Waals surface area contributed by atoms with E-state index in [-0.39, 0.29) is 5.91 Å². The number of rotatable bonds is 3. The molecule has 2 aromatic heterocycles. The first-order valence-electron chi connectivity index (χ1n) is 6.94. The summed E-state index contributed by atoms with van der Waals surface area (Å²) in [5, 5.41) is 5.26. The second-order valence-electron chi connectivity index (χ2n) is 5.20. The number of furan rings is 1. The smallest absolute Gasteiger partial charge is 0.293 e. The number of benzene rings is 1. The molecule has 1 aromatic carbocycles. The fourth-order valence-corrected chi connectivity index (χ4v) is 2.79. The summed E-state index contributed by atoms with van der Waals surface area (Å²) < 4.78 is 5.30. The molecule has 0 bridgehead atoms. The van der Waals surface area contributed by atoms with E-state index < -0.39 is 0 Å². The molecule has 0 unspecified atom stereocenters. The van der Waals surface area contributed by atoms with Crippen molar-refractivity contribution in [1.82, 2.24) is 4.98 Å². The summed E-state index contributed by atoms with van der Waals surface area (Å²) in [5.74, 6) is 0.717. The largest absolute Gasteiger partial charge is 0.456 e. The highest BCUT2D eigenvalue weighted by Crippen LogP contribution is 2.26. The van der Waals surface area contributed by atoms with Crippen molar-refractivity contribution in [2.24, 2.45) is 0 Å². The lowest BCUT2D eigenvalue weighted by atomic mass is 10.1. The van der Waals surface area contributed by atoms with E-state index in [1.54, 1.807) is 19.1 Å². The second kappa shape index (κ2) is 5.77. The predicted octanol–water partition coefficient (Wildman–Crippen LogP) is 4.58. The zero-order chi connectivity index (χ0) is 15.7. The summed E-state index contributed by atoms with van der Waals surface area (Å²) in [6, 6.07) is 9.64. The summed E-state index contributed by atoms with van der Waals surface area (Å²) in [6.45, 7) is 5.96. The van der Waals surface area contributed by atoms with Crippen LogP contribution in [0.1, 0.15) is 27.4 Å². The average molecular weight is 312 g/mol. The minimum absolute atomic E-state index is 0.283. The third kappa shape index (κ3) is 2.94. The van der Waals surface area contributed by atoms with Gasteiger partial charge in [0.2, 0.25) is 0 Å². The van der Waals surface area contributed by atoms with Crippen LogP contribution in [0.15, 0.2) is 40.1 Å². The molecule has 0 fully saturated rings. The van der Waals surface area contributed by atoms with Crippen LogP contribution in [0.25, 0.3) is 11.3 Å². The van der Waals surface area contributed by atoms with E-state index in [1.165, 1.54) is 22.5 Å². The molecule has 0 spiro atoms. The molecule has 0 aliphatic carbocycles. The number of aryl methyl sites for hydroxylation is 3. The molecule has 2 heterocycles. The molecule has 3 aromatic rings. The summed E-state index contributed by atoms with van der Waals surface area (Å²) in [6.07, 6.45) is 0. The molecule has 0 saturated heterocycles. The highest BCUT2D eigenvalue weighted by atomic mass is 32.1. The first-order valence-corrected chi connectivity index (χ1v) is 7.82. The average Bonchev–Trinajstić information content (AvgIpc) is 3.11. The number of amides is 1. The van der Waals surface area contributed by atoms with Crippen molar-refractivity contribution in [2.45, 2.75) is 20.8 Å². The quantitative estimate of drug-likeness (QED) is 0.770. The molecule has 4 nitrogen and oxygen atoms in total. The Labute approximate surface area is 132 Å². The van der Waals surface area contributed by atoms with Gasteiger partial charge >= 0.3 is 0 Å². The van der Waals surface area contributed by atoms with Gasteiger partial charge in [-0.2, -0.15) is 0 Å². The van der Waals surface area contributed by atoms with Gasteiger partial charge in [-0.15, -0.1) is 11.3 Å². The van der Waals surface area contributed by atoms with Crippen molar-refractivity contribution in [1.29, 1.82) is 0 Å². The van der Waals surface area contributed by atoms with Crippen LogP contribution in [0.5, 0.6) is 0 Å². The van der Waals surface area contributed by atoms with Crippen LogP contribution in [-0.2, 0) is 0 Å². The van der Waals surface area contributed by atoms with Gasteiger partial charge in [0.05, 0.1) is 5.69 Å². The van der Waals surface area contributed by atoms with E-state index in [0.29, 0.717) is 16.7 Å². The highest BCUT2D eigenvalue weighted by Gasteiger charge is 2.13. The Morgan fingerprint density at radius 1 is 1.14 bits per heavy atom. The number of anilines is 1. The number of nitrogens with zero attached hydrogens (tertiary/aromatic N) is 1. The Morgan fingerprint density at radius 3 is 2.64 bits per heavy atom. The van der Waals surface area contributed by atoms with Gasteiger partial charge in [0, 0.05) is 10.9 Å². The normalized spacial score (nSPS) is 10.7. The SMILES string of the molecule is Cc1ccc(C(=O)Nc2nc(-c3ccc(C)c(C)c3)cs2)o1. The van der Waals surface area contributed by atoms with Crippen molar-refractivity contribution < 1.29 is 9.21 Å². The number of hydrogen-bond acceptors (Lipinski definition) is 4. The lowest BCUT2D eigenvalue weighted by Crippen LogP contribution is -2.10. The molecule has 1 N–H and O–H groups in total. The second-order valence-corrected chi connectivity index (χ2v) is 6.06. The molecular formula is C17H16N2O2S. The van der Waals surface area contributed by atoms with Gasteiger partial charge in [0.15, 0.2) is 10.9 Å². The van der Waals surface area contributed by atoms with E-state index in [0.717, 1.165) is 11.3 Å². The Morgan fingerprint density at radius 2 is 1.95 bits per heavy atom. The number of carbonyl (C=O) groups is 1. The predicted molar refractivity (Wildman–Crippen MR) is 88.4 cm³/mol. The molecule has 1 amide bonds. The first-order chi connectivity index (χ1) is 10.5. The molecule has 0 aliphatic heterocycles. The Bertz CT molecular complexity index is 833. The van der Waals surface area contributed by atoms with Crippen LogP contribution in [-0.4, -0.2) is 10.9 Å². The molecule has 0 atom stereocenters. The lowest BCUT2D eigenvalue weighted by molar-refractivity contribution is 0.0995. The van der Waals surface area contributed by atoms with Gasteiger partial charge < -0.3 is 4.42 Å². The lowest BCUT2D eigenvalue weighted by Gasteiger charge is -2.02. The van der Waals surface area contributed by atoms with Crippen LogP contribution in [0.2, 0.25) is 0 Å². The minimum Gasteiger partial charge on any atom is -0.456 e. The zero-order valence-corrected chi connectivity index (χ0v) is 13.5. The van der Waals surface area contributed by atoms with Crippen LogP contribution < -0.4 is 5.32 Å². The standard InChI is InChI=1S/C17H16N2O2S/c1-10-4-6-13(8-11(10)2)14-9-22-17(18-14)19-16(20)15-7-5-12(3)21-15/h4-9H,1-3H3,(H,18,19,20). The molecule has 5 heteroatoms. The summed E-state index contributed by atoms with van der Waals surface area (Å²) >= 11 is 1.40. The van der Waals surface area contributed by atoms with E-state index in [9.17, 15) is 4.79 Å². The van der Waals surface area contributed by atoms with Gasteiger partial charge in [-0.1, -0.05) is 12.1 Å². The third-order valence-corrected chi connectivity index (χ3v) is 4.25. The van der Waals surface area contributed by atoms with E-state index in [4.69, 9.17) is 4.42 Å². The van der Waals surface area contributed by atoms with E-state index in [2.05, 4.69) is 36.3 Å². The highest BCUT2D eigenvalue weighted by molar-refractivity contribution is 7.14.